The molecule has 0 heterocycles. The molecule has 1 aromatic carbocycles. The van der Waals surface area contributed by atoms with Crippen molar-refractivity contribution in [1.82, 2.24) is 0 Å². The van der Waals surface area contributed by atoms with Gasteiger partial charge in [-0.3, -0.25) is 0 Å². The molecule has 6 N–H and O–H groups in total. The third kappa shape index (κ3) is 2.47. The zero-order valence-electron chi connectivity index (χ0n) is 7.27. The number of hydrogen-bond acceptors (Lipinski definition) is 4. The molecule has 0 unspecified atom stereocenters. The van der Waals surface area contributed by atoms with Gasteiger partial charge in [-0.25, -0.2) is 4.39 Å². The predicted molar refractivity (Wildman–Crippen MR) is 53.7 cm³/mol. The van der Waals surface area contributed by atoms with E-state index < -0.39 is 11.9 Å². The van der Waals surface area contributed by atoms with Crippen molar-refractivity contribution in [2.45, 2.75) is 6.04 Å². The van der Waals surface area contributed by atoms with E-state index in [1.165, 1.54) is 0 Å². The number of nitrogen functional groups attached to an aromatic ring is 1. The fourth-order valence-corrected chi connectivity index (χ4v) is 1.02. The Bertz CT molecular complexity index is 322. The van der Waals surface area contributed by atoms with Crippen LogP contribution in [0.4, 0.5) is 10.1 Å². The van der Waals surface area contributed by atoms with Gasteiger partial charge in [0.05, 0.1) is 18.3 Å². The Hall–Kier alpha value is -1.04. The number of anilines is 1. The van der Waals surface area contributed by atoms with Crippen LogP contribution in [-0.2, 0) is 0 Å². The number of rotatable bonds is 2. The highest BCUT2D eigenvalue weighted by atomic mass is 35.5. The second-order valence-corrected chi connectivity index (χ2v) is 2.72. The molecule has 4 nitrogen and oxygen atoms in total. The minimum atomic E-state index is -0.821. The van der Waals surface area contributed by atoms with E-state index in [1.54, 1.807) is 0 Å². The highest BCUT2D eigenvalue weighted by molar-refractivity contribution is 5.85. The second kappa shape index (κ2) is 4.99. The lowest BCUT2D eigenvalue weighted by Gasteiger charge is -2.12. The summed E-state index contributed by atoms with van der Waals surface area (Å²) in [6.45, 7) is -0.379. The van der Waals surface area contributed by atoms with Crippen LogP contribution >= 0.6 is 12.4 Å². The molecule has 6 heteroatoms. The van der Waals surface area contributed by atoms with Gasteiger partial charge in [0.15, 0.2) is 0 Å². The molecule has 0 aromatic heterocycles. The van der Waals surface area contributed by atoms with Crippen LogP contribution in [0.5, 0.6) is 5.75 Å². The molecule has 0 spiro atoms. The quantitative estimate of drug-likeness (QED) is 0.434. The van der Waals surface area contributed by atoms with Crippen molar-refractivity contribution in [3.63, 3.8) is 0 Å². The van der Waals surface area contributed by atoms with E-state index >= 15 is 0 Å². The van der Waals surface area contributed by atoms with Crippen LogP contribution in [0.1, 0.15) is 11.6 Å². The maximum atomic E-state index is 12.8. The molecular formula is C8H12ClFN2O2. The van der Waals surface area contributed by atoms with Crippen LogP contribution in [0.15, 0.2) is 12.1 Å². The number of phenols is 1. The van der Waals surface area contributed by atoms with E-state index in [0.29, 0.717) is 0 Å². The minimum Gasteiger partial charge on any atom is -0.505 e. The summed E-state index contributed by atoms with van der Waals surface area (Å²) in [5.41, 5.74) is 10.7. The summed E-state index contributed by atoms with van der Waals surface area (Å²) in [5, 5.41) is 18.0. The van der Waals surface area contributed by atoms with Gasteiger partial charge in [-0.15, -0.1) is 12.4 Å². The van der Waals surface area contributed by atoms with Crippen molar-refractivity contribution in [2.24, 2.45) is 5.73 Å². The van der Waals surface area contributed by atoms with Crippen LogP contribution < -0.4 is 11.5 Å². The monoisotopic (exact) mass is 222 g/mol. The van der Waals surface area contributed by atoms with Crippen molar-refractivity contribution < 1.29 is 14.6 Å². The Morgan fingerprint density at radius 1 is 1.43 bits per heavy atom. The molecule has 0 radical (unpaired) electrons. The van der Waals surface area contributed by atoms with Crippen molar-refractivity contribution >= 4 is 18.1 Å². The van der Waals surface area contributed by atoms with Gasteiger partial charge >= 0.3 is 0 Å². The molecular weight excluding hydrogens is 211 g/mol. The van der Waals surface area contributed by atoms with Crippen LogP contribution in [0, 0.1) is 5.82 Å². The molecule has 0 aliphatic heterocycles. The molecule has 14 heavy (non-hydrogen) atoms. The Morgan fingerprint density at radius 2 is 2.00 bits per heavy atom. The number of halogens is 2. The zero-order chi connectivity index (χ0) is 10.0. The van der Waals surface area contributed by atoms with Gasteiger partial charge in [-0.05, 0) is 6.07 Å². The molecule has 1 atom stereocenters. The Labute approximate surface area is 86.7 Å². The topological polar surface area (TPSA) is 92.5 Å². The summed E-state index contributed by atoms with van der Waals surface area (Å²) in [6, 6.07) is 1.22. The molecule has 0 aliphatic carbocycles. The van der Waals surface area contributed by atoms with Crippen LogP contribution in [0.25, 0.3) is 0 Å². The molecule has 0 amide bonds. The summed E-state index contributed by atoms with van der Waals surface area (Å²) in [5.74, 6) is -0.864. The molecule has 0 bridgehead atoms. The van der Waals surface area contributed by atoms with Gasteiger partial charge in [0, 0.05) is 11.6 Å². The van der Waals surface area contributed by atoms with E-state index in [4.69, 9.17) is 16.6 Å². The molecule has 0 saturated heterocycles. The minimum absolute atomic E-state index is 0. The van der Waals surface area contributed by atoms with Gasteiger partial charge < -0.3 is 21.7 Å². The van der Waals surface area contributed by atoms with Gasteiger partial charge in [-0.2, -0.15) is 0 Å². The molecule has 1 rings (SSSR count). The van der Waals surface area contributed by atoms with Crippen molar-refractivity contribution in [2.75, 3.05) is 12.3 Å². The summed E-state index contributed by atoms with van der Waals surface area (Å²) in [7, 11) is 0. The van der Waals surface area contributed by atoms with E-state index in [2.05, 4.69) is 0 Å². The fraction of sp³-hybridized carbons (Fsp3) is 0.250. The first-order valence-electron chi connectivity index (χ1n) is 3.70. The van der Waals surface area contributed by atoms with Gasteiger partial charge in [-0.1, -0.05) is 0 Å². The molecule has 80 valence electrons. The SMILES string of the molecule is Cl.Nc1cc(F)cc([C@H](N)CO)c1O. The van der Waals surface area contributed by atoms with Gasteiger partial charge in [0.25, 0.3) is 0 Å². The standard InChI is InChI=1S/C8H11FN2O2.ClH/c9-4-1-5(7(11)3-12)8(13)6(10)2-4;/h1-2,7,12-13H,3,10-11H2;1H/t7-;/m1./s1. The third-order valence-electron chi connectivity index (χ3n) is 1.73. The summed E-state index contributed by atoms with van der Waals surface area (Å²) in [6.07, 6.45) is 0. The normalized spacial score (nSPS) is 11.9. The fourth-order valence-electron chi connectivity index (χ4n) is 1.02. The first kappa shape index (κ1) is 13.0. The number of aliphatic hydroxyl groups is 1. The van der Waals surface area contributed by atoms with E-state index in [0.717, 1.165) is 12.1 Å². The van der Waals surface area contributed by atoms with Crippen LogP contribution in [-0.4, -0.2) is 16.8 Å². The highest BCUT2D eigenvalue weighted by Gasteiger charge is 2.13. The number of benzene rings is 1. The molecule has 1 aromatic rings. The summed E-state index contributed by atoms with van der Waals surface area (Å²) in [4.78, 5) is 0. The Balaban J connectivity index is 0.00000169. The maximum Gasteiger partial charge on any atom is 0.143 e. The number of aliphatic hydroxyl groups excluding tert-OH is 1. The van der Waals surface area contributed by atoms with Crippen LogP contribution in [0.2, 0.25) is 0 Å². The summed E-state index contributed by atoms with van der Waals surface area (Å²) >= 11 is 0. The Kier molecular flexibility index (Phi) is 4.62. The largest absolute Gasteiger partial charge is 0.505 e. The van der Waals surface area contributed by atoms with E-state index in [1.807, 2.05) is 0 Å². The number of hydrogen-bond donors (Lipinski definition) is 4. The summed E-state index contributed by atoms with van der Waals surface area (Å²) < 4.78 is 12.8. The maximum absolute atomic E-state index is 12.8. The first-order chi connectivity index (χ1) is 6.06. The number of aromatic hydroxyl groups is 1. The van der Waals surface area contributed by atoms with Crippen LogP contribution in [0.3, 0.4) is 0 Å². The predicted octanol–water partition coefficient (Wildman–Crippen LogP) is 0.527. The van der Waals surface area contributed by atoms with Crippen molar-refractivity contribution in [3.05, 3.63) is 23.5 Å². The second-order valence-electron chi connectivity index (χ2n) is 2.72. The lowest BCUT2D eigenvalue weighted by Crippen LogP contribution is -2.15. The average Bonchev–Trinajstić information content (AvgIpc) is 2.10. The van der Waals surface area contributed by atoms with E-state index in [-0.39, 0.29) is 36.0 Å². The molecule has 0 saturated carbocycles. The lowest BCUT2D eigenvalue weighted by molar-refractivity contribution is 0.265. The number of phenolic OH excluding ortho intramolecular Hbond substituents is 1. The first-order valence-corrected chi connectivity index (χ1v) is 3.70. The molecule has 0 fully saturated rings. The van der Waals surface area contributed by atoms with Crippen molar-refractivity contribution in [1.29, 1.82) is 0 Å². The number of nitrogens with two attached hydrogens (primary N) is 2. The van der Waals surface area contributed by atoms with E-state index in [9.17, 15) is 9.50 Å². The average molecular weight is 223 g/mol. The highest BCUT2D eigenvalue weighted by Crippen LogP contribution is 2.29. The Morgan fingerprint density at radius 3 is 2.50 bits per heavy atom. The zero-order valence-corrected chi connectivity index (χ0v) is 8.09. The van der Waals surface area contributed by atoms with Gasteiger partial charge in [0.2, 0.25) is 0 Å². The van der Waals surface area contributed by atoms with Gasteiger partial charge in [0.1, 0.15) is 11.6 Å². The smallest absolute Gasteiger partial charge is 0.143 e. The molecule has 0 aliphatic rings. The van der Waals surface area contributed by atoms with Crippen molar-refractivity contribution in [3.8, 4) is 5.75 Å². The third-order valence-corrected chi connectivity index (χ3v) is 1.73. The lowest BCUT2D eigenvalue weighted by atomic mass is 10.1.